The second kappa shape index (κ2) is 9.85. The number of hydrogen-bond acceptors (Lipinski definition) is 6. The number of thioether (sulfide) groups is 1. The van der Waals surface area contributed by atoms with Crippen molar-refractivity contribution in [1.29, 1.82) is 0 Å². The molecule has 0 unspecified atom stereocenters. The molecule has 0 radical (unpaired) electrons. The fraction of sp³-hybridized carbons (Fsp3) is 0.579. The van der Waals surface area contributed by atoms with Gasteiger partial charge in [0, 0.05) is 31.1 Å². The highest BCUT2D eigenvalue weighted by Gasteiger charge is 2.23. The summed E-state index contributed by atoms with van der Waals surface area (Å²) in [5.74, 6) is 1.71. The average molecular weight is 390 g/mol. The number of nitrogens with zero attached hydrogens (tertiary/aromatic N) is 4. The lowest BCUT2D eigenvalue weighted by atomic mass is 9.86. The zero-order valence-corrected chi connectivity index (χ0v) is 16.7. The number of carbonyl (C=O) groups is 1. The largest absolute Gasteiger partial charge is 0.383 e. The molecule has 0 aromatic carbocycles. The molecular weight excluding hydrogens is 362 g/mol. The predicted molar refractivity (Wildman–Crippen MR) is 105 cm³/mol. The van der Waals surface area contributed by atoms with E-state index in [-0.39, 0.29) is 5.91 Å². The minimum Gasteiger partial charge on any atom is -0.383 e. The molecule has 1 aliphatic carbocycles. The fourth-order valence-electron chi connectivity index (χ4n) is 3.40. The zero-order valence-electron chi connectivity index (χ0n) is 15.9. The molecule has 1 amide bonds. The van der Waals surface area contributed by atoms with Gasteiger partial charge in [0.1, 0.15) is 0 Å². The first-order valence-corrected chi connectivity index (χ1v) is 10.4. The molecule has 0 bridgehead atoms. The summed E-state index contributed by atoms with van der Waals surface area (Å²) in [6, 6.07) is 4.10. The molecule has 1 aliphatic rings. The van der Waals surface area contributed by atoms with Crippen LogP contribution in [-0.4, -0.2) is 51.2 Å². The van der Waals surface area contributed by atoms with E-state index in [1.165, 1.54) is 31.0 Å². The Morgan fingerprint density at radius 2 is 2.07 bits per heavy atom. The van der Waals surface area contributed by atoms with Gasteiger partial charge in [-0.3, -0.25) is 14.3 Å². The third-order valence-corrected chi connectivity index (χ3v) is 5.93. The van der Waals surface area contributed by atoms with Crippen LogP contribution in [0.2, 0.25) is 0 Å². The Morgan fingerprint density at radius 1 is 1.30 bits per heavy atom. The lowest BCUT2D eigenvalue weighted by Crippen LogP contribution is -2.41. The number of amides is 1. The van der Waals surface area contributed by atoms with Gasteiger partial charge < -0.3 is 10.1 Å². The van der Waals surface area contributed by atoms with Crippen LogP contribution in [0, 0.1) is 5.92 Å². The Morgan fingerprint density at radius 3 is 2.81 bits per heavy atom. The van der Waals surface area contributed by atoms with Gasteiger partial charge in [0.2, 0.25) is 5.91 Å². The molecule has 27 heavy (non-hydrogen) atoms. The van der Waals surface area contributed by atoms with Gasteiger partial charge in [0.05, 0.1) is 18.9 Å². The van der Waals surface area contributed by atoms with Gasteiger partial charge in [0.15, 0.2) is 11.0 Å². The lowest BCUT2D eigenvalue weighted by molar-refractivity contribution is -0.119. The van der Waals surface area contributed by atoms with Crippen LogP contribution in [0.25, 0.3) is 11.4 Å². The summed E-state index contributed by atoms with van der Waals surface area (Å²) < 4.78 is 7.22. The number of methoxy groups -OCH3 is 1. The molecule has 2 aromatic rings. The maximum absolute atomic E-state index is 12.4. The van der Waals surface area contributed by atoms with E-state index in [0.717, 1.165) is 23.0 Å². The summed E-state index contributed by atoms with van der Waals surface area (Å²) in [6.45, 7) is 3.40. The van der Waals surface area contributed by atoms with Crippen molar-refractivity contribution in [2.45, 2.75) is 50.4 Å². The first-order chi connectivity index (χ1) is 13.2. The van der Waals surface area contributed by atoms with E-state index in [0.29, 0.717) is 30.9 Å². The molecular formula is C19H27N5O2S. The summed E-state index contributed by atoms with van der Waals surface area (Å²) in [5.41, 5.74) is 0.945. The standard InChI is InChI=1S/C19H27N5O2S/c1-14-5-3-4-6-16(14)21-17(25)13-27-19-23-22-18(24(19)11-12-26-2)15-7-9-20-10-8-15/h7-10,14,16H,3-6,11-13H2,1-2H3,(H,21,25)/t14-,16+/m1/s1. The van der Waals surface area contributed by atoms with Gasteiger partial charge in [-0.2, -0.15) is 0 Å². The summed E-state index contributed by atoms with van der Waals surface area (Å²) in [7, 11) is 1.67. The van der Waals surface area contributed by atoms with Crippen LogP contribution in [0.4, 0.5) is 0 Å². The Labute approximate surface area is 164 Å². The maximum atomic E-state index is 12.4. The van der Waals surface area contributed by atoms with Crippen molar-refractivity contribution in [1.82, 2.24) is 25.1 Å². The molecule has 8 heteroatoms. The van der Waals surface area contributed by atoms with Crippen LogP contribution in [0.15, 0.2) is 29.7 Å². The van der Waals surface area contributed by atoms with Gasteiger partial charge in [-0.15, -0.1) is 10.2 Å². The third kappa shape index (κ3) is 5.29. The number of ether oxygens (including phenoxy) is 1. The molecule has 7 nitrogen and oxygen atoms in total. The lowest BCUT2D eigenvalue weighted by Gasteiger charge is -2.29. The highest BCUT2D eigenvalue weighted by Crippen LogP contribution is 2.25. The number of rotatable bonds is 8. The maximum Gasteiger partial charge on any atom is 0.230 e. The SMILES string of the molecule is COCCn1c(SCC(=O)N[C@H]2CCCC[C@H]2C)nnc1-c1ccncc1. The Balaban J connectivity index is 1.65. The van der Waals surface area contributed by atoms with E-state index in [4.69, 9.17) is 4.74 Å². The second-order valence-electron chi connectivity index (χ2n) is 6.91. The summed E-state index contributed by atoms with van der Waals surface area (Å²) in [5, 5.41) is 12.5. The van der Waals surface area contributed by atoms with Gasteiger partial charge in [-0.25, -0.2) is 0 Å². The van der Waals surface area contributed by atoms with Gasteiger partial charge in [0.25, 0.3) is 0 Å². The molecule has 1 saturated carbocycles. The predicted octanol–water partition coefficient (Wildman–Crippen LogP) is 2.77. The van der Waals surface area contributed by atoms with Crippen LogP contribution in [0.1, 0.15) is 32.6 Å². The van der Waals surface area contributed by atoms with Crippen LogP contribution >= 0.6 is 11.8 Å². The summed E-state index contributed by atoms with van der Waals surface area (Å²) >= 11 is 1.42. The van der Waals surface area contributed by atoms with E-state index in [2.05, 4.69) is 27.4 Å². The van der Waals surface area contributed by atoms with Gasteiger partial charge in [-0.05, 0) is 30.9 Å². The summed E-state index contributed by atoms with van der Waals surface area (Å²) in [6.07, 6.45) is 8.20. The van der Waals surface area contributed by atoms with Crippen molar-refractivity contribution >= 4 is 17.7 Å². The summed E-state index contributed by atoms with van der Waals surface area (Å²) in [4.78, 5) is 16.5. The van der Waals surface area contributed by atoms with Crippen molar-refractivity contribution in [2.75, 3.05) is 19.5 Å². The normalized spacial score (nSPS) is 19.8. The van der Waals surface area contributed by atoms with Crippen molar-refractivity contribution in [3.8, 4) is 11.4 Å². The minimum absolute atomic E-state index is 0.0607. The smallest absolute Gasteiger partial charge is 0.230 e. The minimum atomic E-state index is 0.0607. The number of nitrogens with one attached hydrogen (secondary N) is 1. The van der Waals surface area contributed by atoms with Crippen molar-refractivity contribution in [3.05, 3.63) is 24.5 Å². The topological polar surface area (TPSA) is 81.9 Å². The van der Waals surface area contributed by atoms with E-state index in [1.807, 2.05) is 16.7 Å². The second-order valence-corrected chi connectivity index (χ2v) is 7.85. The van der Waals surface area contributed by atoms with Gasteiger partial charge in [-0.1, -0.05) is 31.5 Å². The monoisotopic (exact) mass is 389 g/mol. The van der Waals surface area contributed by atoms with Crippen LogP contribution < -0.4 is 5.32 Å². The highest BCUT2D eigenvalue weighted by atomic mass is 32.2. The third-order valence-electron chi connectivity index (χ3n) is 4.96. The van der Waals surface area contributed by atoms with E-state index >= 15 is 0 Å². The molecule has 1 N–H and O–H groups in total. The van der Waals surface area contributed by atoms with Crippen molar-refractivity contribution in [3.63, 3.8) is 0 Å². The molecule has 0 saturated heterocycles. The molecule has 1 fully saturated rings. The molecule has 0 aliphatic heterocycles. The van der Waals surface area contributed by atoms with E-state index < -0.39 is 0 Å². The van der Waals surface area contributed by atoms with E-state index in [1.54, 1.807) is 19.5 Å². The van der Waals surface area contributed by atoms with Crippen LogP contribution in [-0.2, 0) is 16.1 Å². The Hall–Kier alpha value is -1.93. The zero-order chi connectivity index (χ0) is 19.1. The average Bonchev–Trinajstić information content (AvgIpc) is 3.10. The van der Waals surface area contributed by atoms with Crippen molar-refractivity contribution < 1.29 is 9.53 Å². The first kappa shape index (κ1) is 19.8. The molecule has 2 heterocycles. The number of hydrogen-bond donors (Lipinski definition) is 1. The molecule has 146 valence electrons. The Kier molecular flexibility index (Phi) is 7.23. The van der Waals surface area contributed by atoms with Crippen molar-refractivity contribution in [2.24, 2.45) is 5.92 Å². The van der Waals surface area contributed by atoms with E-state index in [9.17, 15) is 4.79 Å². The fourth-order valence-corrected chi connectivity index (χ4v) is 4.18. The number of aromatic nitrogens is 4. The van der Waals surface area contributed by atoms with Gasteiger partial charge >= 0.3 is 0 Å². The first-order valence-electron chi connectivity index (χ1n) is 9.43. The number of pyridine rings is 1. The van der Waals surface area contributed by atoms with Crippen LogP contribution in [0.3, 0.4) is 0 Å². The Bertz CT molecular complexity index is 737. The molecule has 2 aromatic heterocycles. The quantitative estimate of drug-likeness (QED) is 0.699. The molecule has 2 atom stereocenters. The molecule has 3 rings (SSSR count). The highest BCUT2D eigenvalue weighted by molar-refractivity contribution is 7.99. The molecule has 0 spiro atoms. The van der Waals surface area contributed by atoms with Crippen LogP contribution in [0.5, 0.6) is 0 Å². The number of carbonyl (C=O) groups excluding carboxylic acids is 1.